The summed E-state index contributed by atoms with van der Waals surface area (Å²) in [5.41, 5.74) is 0.856. The SMILES string of the molecule is CO.COC(=O)/C=C/c1cc(Br)ccc1F.COC(=O)CCc1cc(Br)ccc1F. The summed E-state index contributed by atoms with van der Waals surface area (Å²) >= 11 is 6.44. The second-order valence-corrected chi connectivity index (χ2v) is 7.17. The molecule has 164 valence electrons. The molecule has 0 spiro atoms. The molecule has 0 unspecified atom stereocenters. The maximum atomic E-state index is 13.2. The summed E-state index contributed by atoms with van der Waals surface area (Å²) < 4.78 is 36.7. The third-order valence-corrected chi connectivity index (χ3v) is 4.38. The zero-order chi connectivity index (χ0) is 23.1. The maximum absolute atomic E-state index is 13.2. The number of ether oxygens (including phenoxy) is 2. The average molecular weight is 552 g/mol. The highest BCUT2D eigenvalue weighted by molar-refractivity contribution is 9.10. The molecule has 2 aromatic rings. The van der Waals surface area contributed by atoms with Crippen LogP contribution in [0.2, 0.25) is 0 Å². The number of esters is 2. The van der Waals surface area contributed by atoms with Crippen molar-refractivity contribution >= 4 is 49.9 Å². The molecule has 5 nitrogen and oxygen atoms in total. The first-order valence-electron chi connectivity index (χ1n) is 8.43. The largest absolute Gasteiger partial charge is 0.469 e. The smallest absolute Gasteiger partial charge is 0.330 e. The average Bonchev–Trinajstić information content (AvgIpc) is 2.76. The van der Waals surface area contributed by atoms with Crippen LogP contribution < -0.4 is 0 Å². The van der Waals surface area contributed by atoms with Gasteiger partial charge in [-0.25, -0.2) is 13.6 Å². The van der Waals surface area contributed by atoms with Gasteiger partial charge in [-0.3, -0.25) is 4.79 Å². The number of carbonyl (C=O) groups is 2. The fourth-order valence-corrected chi connectivity index (χ4v) is 2.73. The Hall–Kier alpha value is -2.10. The van der Waals surface area contributed by atoms with Crippen LogP contribution >= 0.6 is 31.9 Å². The van der Waals surface area contributed by atoms with Gasteiger partial charge in [0.1, 0.15) is 11.6 Å². The van der Waals surface area contributed by atoms with E-state index in [1.54, 1.807) is 24.3 Å². The standard InChI is InChI=1S/C10H10BrFO2.C10H8BrFO2.CH4O/c2*1-14-10(13)5-2-7-6-8(11)3-4-9(7)12;1-2/h3-4,6H,2,5H2,1H3;2-6H,1H3;2H,1H3/b;5-2+;. The predicted octanol–water partition coefficient (Wildman–Crippen LogP) is 5.08. The van der Waals surface area contributed by atoms with Gasteiger partial charge in [0.05, 0.1) is 14.2 Å². The Bertz CT molecular complexity index is 857. The van der Waals surface area contributed by atoms with E-state index >= 15 is 0 Å². The summed E-state index contributed by atoms with van der Waals surface area (Å²) in [4.78, 5) is 21.6. The number of aryl methyl sites for hydroxylation is 1. The van der Waals surface area contributed by atoms with Crippen LogP contribution in [0.3, 0.4) is 0 Å². The molecular weight excluding hydrogens is 530 g/mol. The first-order chi connectivity index (χ1) is 14.3. The summed E-state index contributed by atoms with van der Waals surface area (Å²) in [6, 6.07) is 9.15. The van der Waals surface area contributed by atoms with Gasteiger partial charge < -0.3 is 14.6 Å². The first-order valence-corrected chi connectivity index (χ1v) is 10.0. The Morgan fingerprint density at radius 3 is 2.10 bits per heavy atom. The van der Waals surface area contributed by atoms with Crippen molar-refractivity contribution in [1.82, 2.24) is 0 Å². The van der Waals surface area contributed by atoms with E-state index in [0.717, 1.165) is 16.1 Å². The van der Waals surface area contributed by atoms with Gasteiger partial charge >= 0.3 is 11.9 Å². The predicted molar refractivity (Wildman–Crippen MR) is 118 cm³/mol. The number of halogens is 4. The van der Waals surface area contributed by atoms with Crippen molar-refractivity contribution in [2.45, 2.75) is 12.8 Å². The minimum atomic E-state index is -0.510. The Morgan fingerprint density at radius 2 is 1.53 bits per heavy atom. The molecule has 9 heteroatoms. The van der Waals surface area contributed by atoms with Crippen molar-refractivity contribution in [2.75, 3.05) is 21.3 Å². The molecule has 2 rings (SSSR count). The van der Waals surface area contributed by atoms with Gasteiger partial charge in [-0.15, -0.1) is 0 Å². The molecule has 0 saturated heterocycles. The van der Waals surface area contributed by atoms with Crippen molar-refractivity contribution in [3.05, 3.63) is 74.2 Å². The number of methoxy groups -OCH3 is 2. The van der Waals surface area contributed by atoms with Crippen molar-refractivity contribution in [1.29, 1.82) is 0 Å². The van der Waals surface area contributed by atoms with Gasteiger partial charge in [-0.1, -0.05) is 31.9 Å². The Labute approximate surface area is 191 Å². The van der Waals surface area contributed by atoms with E-state index in [9.17, 15) is 18.4 Å². The number of carbonyl (C=O) groups excluding carboxylic acids is 2. The van der Waals surface area contributed by atoms with Crippen molar-refractivity contribution < 1.29 is 33.0 Å². The topological polar surface area (TPSA) is 72.8 Å². The van der Waals surface area contributed by atoms with Crippen molar-refractivity contribution in [3.63, 3.8) is 0 Å². The molecule has 0 aliphatic rings. The monoisotopic (exact) mass is 550 g/mol. The summed E-state index contributed by atoms with van der Waals surface area (Å²) in [5, 5.41) is 7.00. The van der Waals surface area contributed by atoms with Crippen LogP contribution in [0, 0.1) is 11.6 Å². The third kappa shape index (κ3) is 11.2. The molecule has 1 N–H and O–H groups in total. The van der Waals surface area contributed by atoms with E-state index in [0.29, 0.717) is 17.5 Å². The molecule has 0 fully saturated rings. The number of rotatable bonds is 5. The van der Waals surface area contributed by atoms with Crippen LogP contribution in [0.4, 0.5) is 8.78 Å². The highest BCUT2D eigenvalue weighted by Gasteiger charge is 2.06. The Balaban J connectivity index is 0.000000518. The lowest BCUT2D eigenvalue weighted by atomic mass is 10.1. The van der Waals surface area contributed by atoms with Gasteiger partial charge in [-0.2, -0.15) is 0 Å². The number of hydrogen-bond acceptors (Lipinski definition) is 5. The fraction of sp³-hybridized carbons (Fsp3) is 0.238. The van der Waals surface area contributed by atoms with Gasteiger partial charge in [0.25, 0.3) is 0 Å². The molecule has 0 atom stereocenters. The molecule has 0 aliphatic carbocycles. The third-order valence-electron chi connectivity index (χ3n) is 3.39. The normalized spacial score (nSPS) is 9.73. The molecule has 0 saturated carbocycles. The number of aliphatic hydroxyl groups is 1. The van der Waals surface area contributed by atoms with E-state index in [1.807, 2.05) is 0 Å². The molecule has 0 aromatic heterocycles. The highest BCUT2D eigenvalue weighted by atomic mass is 79.9. The number of hydrogen-bond donors (Lipinski definition) is 1. The summed E-state index contributed by atoms with van der Waals surface area (Å²) in [7, 11) is 3.59. The summed E-state index contributed by atoms with van der Waals surface area (Å²) in [6.45, 7) is 0. The minimum Gasteiger partial charge on any atom is -0.469 e. The van der Waals surface area contributed by atoms with Crippen molar-refractivity contribution in [3.8, 4) is 0 Å². The highest BCUT2D eigenvalue weighted by Crippen LogP contribution is 2.17. The van der Waals surface area contributed by atoms with Gasteiger partial charge in [-0.05, 0) is 54.5 Å². The quantitative estimate of drug-likeness (QED) is 0.414. The molecule has 2 aromatic carbocycles. The lowest BCUT2D eigenvalue weighted by Gasteiger charge is -2.02. The second kappa shape index (κ2) is 15.7. The lowest BCUT2D eigenvalue weighted by Crippen LogP contribution is -2.03. The summed E-state index contributed by atoms with van der Waals surface area (Å²) in [5.74, 6) is -1.51. The Kier molecular flexibility index (Phi) is 14.6. The van der Waals surface area contributed by atoms with E-state index in [2.05, 4.69) is 41.3 Å². The number of aliphatic hydroxyl groups excluding tert-OH is 1. The van der Waals surface area contributed by atoms with Crippen LogP contribution in [0.25, 0.3) is 6.08 Å². The zero-order valence-corrected chi connectivity index (χ0v) is 19.8. The molecule has 0 radical (unpaired) electrons. The Morgan fingerprint density at radius 1 is 0.967 bits per heavy atom. The van der Waals surface area contributed by atoms with E-state index in [1.165, 1.54) is 38.5 Å². The van der Waals surface area contributed by atoms with Crippen LogP contribution in [0.1, 0.15) is 17.5 Å². The van der Waals surface area contributed by atoms with Crippen LogP contribution in [0.15, 0.2) is 51.4 Å². The second-order valence-electron chi connectivity index (χ2n) is 5.33. The van der Waals surface area contributed by atoms with Crippen molar-refractivity contribution in [2.24, 2.45) is 0 Å². The molecule has 0 aliphatic heterocycles. The molecular formula is C21H22Br2F2O5. The minimum absolute atomic E-state index is 0.198. The lowest BCUT2D eigenvalue weighted by molar-refractivity contribution is -0.140. The first kappa shape index (κ1) is 27.9. The van der Waals surface area contributed by atoms with Gasteiger partial charge in [0.2, 0.25) is 0 Å². The maximum Gasteiger partial charge on any atom is 0.330 e. The van der Waals surface area contributed by atoms with Crippen LogP contribution in [-0.4, -0.2) is 38.4 Å². The summed E-state index contributed by atoms with van der Waals surface area (Å²) in [6.07, 6.45) is 3.10. The fourth-order valence-electron chi connectivity index (χ4n) is 1.94. The van der Waals surface area contributed by atoms with Gasteiger partial charge in [0, 0.05) is 34.1 Å². The van der Waals surface area contributed by atoms with Crippen LogP contribution in [-0.2, 0) is 25.5 Å². The molecule has 0 heterocycles. The van der Waals surface area contributed by atoms with Gasteiger partial charge in [0.15, 0.2) is 0 Å². The van der Waals surface area contributed by atoms with E-state index < -0.39 is 5.97 Å². The van der Waals surface area contributed by atoms with E-state index in [-0.39, 0.29) is 24.0 Å². The molecule has 0 bridgehead atoms. The van der Waals surface area contributed by atoms with Crippen LogP contribution in [0.5, 0.6) is 0 Å². The molecule has 30 heavy (non-hydrogen) atoms. The zero-order valence-electron chi connectivity index (χ0n) is 16.6. The molecule has 0 amide bonds. The number of benzene rings is 2. The van der Waals surface area contributed by atoms with E-state index in [4.69, 9.17) is 5.11 Å².